The molecule has 2 aromatic heterocycles. The number of carbonyl (C=O) groups is 1. The number of aromatic nitrogens is 1. The summed E-state index contributed by atoms with van der Waals surface area (Å²) < 4.78 is 11.2. The minimum absolute atomic E-state index is 0.234. The smallest absolute Gasteiger partial charge is 0.275 e. The molecule has 0 saturated heterocycles. The number of anilines is 1. The normalized spacial score (nSPS) is 13.3. The van der Waals surface area contributed by atoms with Crippen LogP contribution in [0.5, 0.6) is 11.5 Å². The largest absolute Gasteiger partial charge is 0.490 e. The van der Waals surface area contributed by atoms with Gasteiger partial charge in [0.15, 0.2) is 11.5 Å². The number of benzene rings is 1. The third-order valence-corrected chi connectivity index (χ3v) is 5.08. The van der Waals surface area contributed by atoms with Crippen LogP contribution in [0, 0.1) is 0 Å². The SMILES string of the molecule is O=C(Nc1ccc2c(c1)OCCCO2)c1csc(-c2ccsc2)n1. The molecule has 0 atom stereocenters. The van der Waals surface area contributed by atoms with Gasteiger partial charge in [-0.05, 0) is 23.6 Å². The van der Waals surface area contributed by atoms with Crippen molar-refractivity contribution in [3.63, 3.8) is 0 Å². The molecule has 1 N–H and O–H groups in total. The Morgan fingerprint density at radius 3 is 2.83 bits per heavy atom. The van der Waals surface area contributed by atoms with Crippen LogP contribution in [0.15, 0.2) is 40.4 Å². The Kier molecular flexibility index (Phi) is 4.18. The number of ether oxygens (including phenoxy) is 2. The molecule has 4 rings (SSSR count). The molecule has 1 amide bonds. The fourth-order valence-electron chi connectivity index (χ4n) is 2.33. The molecule has 0 radical (unpaired) electrons. The molecule has 7 heteroatoms. The number of amides is 1. The second-order valence-corrected chi connectivity index (χ2v) is 6.85. The van der Waals surface area contributed by atoms with Gasteiger partial charge in [-0.25, -0.2) is 4.98 Å². The summed E-state index contributed by atoms with van der Waals surface area (Å²) in [4.78, 5) is 16.8. The molecular weight excluding hydrogens is 344 g/mol. The van der Waals surface area contributed by atoms with Crippen molar-refractivity contribution >= 4 is 34.3 Å². The molecule has 3 aromatic rings. The van der Waals surface area contributed by atoms with Crippen LogP contribution in [-0.4, -0.2) is 24.1 Å². The Hall–Kier alpha value is -2.38. The third kappa shape index (κ3) is 3.13. The second-order valence-electron chi connectivity index (χ2n) is 5.22. The predicted octanol–water partition coefficient (Wildman–Crippen LogP) is 4.29. The first-order valence-electron chi connectivity index (χ1n) is 7.49. The van der Waals surface area contributed by atoms with Crippen LogP contribution in [0.25, 0.3) is 10.6 Å². The Bertz CT molecular complexity index is 859. The van der Waals surface area contributed by atoms with Crippen LogP contribution in [-0.2, 0) is 0 Å². The van der Waals surface area contributed by atoms with Gasteiger partial charge in [0.25, 0.3) is 5.91 Å². The van der Waals surface area contributed by atoms with Gasteiger partial charge in [0, 0.05) is 34.5 Å². The zero-order valence-electron chi connectivity index (χ0n) is 12.7. The first-order chi connectivity index (χ1) is 11.8. The molecule has 3 heterocycles. The zero-order chi connectivity index (χ0) is 16.4. The van der Waals surface area contributed by atoms with Gasteiger partial charge in [-0.15, -0.1) is 11.3 Å². The van der Waals surface area contributed by atoms with E-state index in [1.807, 2.05) is 22.9 Å². The van der Waals surface area contributed by atoms with Crippen molar-refractivity contribution < 1.29 is 14.3 Å². The summed E-state index contributed by atoms with van der Waals surface area (Å²) in [5, 5.41) is 9.49. The number of fused-ring (bicyclic) bond motifs is 1. The van der Waals surface area contributed by atoms with Crippen LogP contribution in [0.2, 0.25) is 0 Å². The van der Waals surface area contributed by atoms with E-state index in [1.165, 1.54) is 11.3 Å². The molecule has 0 spiro atoms. The maximum atomic E-state index is 12.4. The lowest BCUT2D eigenvalue weighted by Crippen LogP contribution is -2.12. The van der Waals surface area contributed by atoms with Gasteiger partial charge in [-0.1, -0.05) is 0 Å². The number of thiazole rings is 1. The van der Waals surface area contributed by atoms with Gasteiger partial charge in [0.2, 0.25) is 0 Å². The maximum absolute atomic E-state index is 12.4. The highest BCUT2D eigenvalue weighted by molar-refractivity contribution is 7.14. The van der Waals surface area contributed by atoms with Gasteiger partial charge in [0.1, 0.15) is 10.7 Å². The topological polar surface area (TPSA) is 60.5 Å². The summed E-state index contributed by atoms with van der Waals surface area (Å²) in [7, 11) is 0. The first-order valence-corrected chi connectivity index (χ1v) is 9.31. The summed E-state index contributed by atoms with van der Waals surface area (Å²) >= 11 is 3.07. The summed E-state index contributed by atoms with van der Waals surface area (Å²) in [5.41, 5.74) is 2.11. The molecule has 1 aliphatic heterocycles. The van der Waals surface area contributed by atoms with Crippen molar-refractivity contribution in [2.75, 3.05) is 18.5 Å². The van der Waals surface area contributed by atoms with E-state index in [9.17, 15) is 4.79 Å². The van der Waals surface area contributed by atoms with Gasteiger partial charge in [0.05, 0.1) is 13.2 Å². The summed E-state index contributed by atoms with van der Waals surface area (Å²) in [6.45, 7) is 1.25. The van der Waals surface area contributed by atoms with Crippen molar-refractivity contribution in [2.24, 2.45) is 0 Å². The lowest BCUT2D eigenvalue weighted by Gasteiger charge is -2.09. The standard InChI is InChI=1S/C17H14N2O3S2/c20-16(13-10-24-17(19-13)11-4-7-23-9-11)18-12-2-3-14-15(8-12)22-6-1-5-21-14/h2-4,7-10H,1,5-6H2,(H,18,20). The van der Waals surface area contributed by atoms with E-state index in [0.29, 0.717) is 36.1 Å². The second kappa shape index (κ2) is 6.62. The van der Waals surface area contributed by atoms with Crippen molar-refractivity contribution in [2.45, 2.75) is 6.42 Å². The highest BCUT2D eigenvalue weighted by Crippen LogP contribution is 2.32. The summed E-state index contributed by atoms with van der Waals surface area (Å²) in [6.07, 6.45) is 0.848. The highest BCUT2D eigenvalue weighted by Gasteiger charge is 2.15. The van der Waals surface area contributed by atoms with Gasteiger partial charge in [-0.2, -0.15) is 11.3 Å². The number of thiophene rings is 1. The predicted molar refractivity (Wildman–Crippen MR) is 95.4 cm³/mol. The Morgan fingerprint density at radius 1 is 1.12 bits per heavy atom. The minimum Gasteiger partial charge on any atom is -0.490 e. The van der Waals surface area contributed by atoms with Crippen molar-refractivity contribution in [3.05, 3.63) is 46.1 Å². The molecule has 0 unspecified atom stereocenters. The molecule has 24 heavy (non-hydrogen) atoms. The van der Waals surface area contributed by atoms with Crippen molar-refractivity contribution in [1.29, 1.82) is 0 Å². The third-order valence-electron chi connectivity index (χ3n) is 3.51. The Balaban J connectivity index is 1.51. The number of carbonyl (C=O) groups excluding carboxylic acids is 1. The Morgan fingerprint density at radius 2 is 2.00 bits per heavy atom. The number of nitrogens with zero attached hydrogens (tertiary/aromatic N) is 1. The van der Waals surface area contributed by atoms with E-state index < -0.39 is 0 Å². The minimum atomic E-state index is -0.234. The van der Waals surface area contributed by atoms with E-state index in [4.69, 9.17) is 9.47 Å². The van der Waals surface area contributed by atoms with Crippen molar-refractivity contribution in [1.82, 2.24) is 4.98 Å². The summed E-state index contributed by atoms with van der Waals surface area (Å²) in [5.74, 6) is 1.13. The Labute approximate surface area is 146 Å². The van der Waals surface area contributed by atoms with E-state index >= 15 is 0 Å². The molecule has 5 nitrogen and oxygen atoms in total. The molecular formula is C17H14N2O3S2. The average molecular weight is 358 g/mol. The van der Waals surface area contributed by atoms with E-state index in [0.717, 1.165) is 17.0 Å². The molecule has 122 valence electrons. The van der Waals surface area contributed by atoms with Gasteiger partial charge < -0.3 is 14.8 Å². The van der Waals surface area contributed by atoms with Crippen LogP contribution < -0.4 is 14.8 Å². The van der Waals surface area contributed by atoms with E-state index in [-0.39, 0.29) is 5.91 Å². The van der Waals surface area contributed by atoms with E-state index in [1.54, 1.807) is 28.8 Å². The van der Waals surface area contributed by atoms with E-state index in [2.05, 4.69) is 10.3 Å². The molecule has 0 aliphatic carbocycles. The number of hydrogen-bond donors (Lipinski definition) is 1. The van der Waals surface area contributed by atoms with Crippen molar-refractivity contribution in [3.8, 4) is 22.1 Å². The fraction of sp³-hybridized carbons (Fsp3) is 0.176. The number of nitrogens with one attached hydrogen (secondary N) is 1. The number of rotatable bonds is 3. The molecule has 1 aliphatic rings. The van der Waals surface area contributed by atoms with Crippen LogP contribution in [0.3, 0.4) is 0 Å². The lowest BCUT2D eigenvalue weighted by atomic mass is 10.2. The highest BCUT2D eigenvalue weighted by atomic mass is 32.1. The maximum Gasteiger partial charge on any atom is 0.275 e. The molecule has 1 aromatic carbocycles. The van der Waals surface area contributed by atoms with Crippen LogP contribution >= 0.6 is 22.7 Å². The van der Waals surface area contributed by atoms with Gasteiger partial charge >= 0.3 is 0 Å². The zero-order valence-corrected chi connectivity index (χ0v) is 14.3. The molecule has 0 saturated carbocycles. The lowest BCUT2D eigenvalue weighted by molar-refractivity contribution is 0.102. The monoisotopic (exact) mass is 358 g/mol. The number of hydrogen-bond acceptors (Lipinski definition) is 6. The molecule has 0 bridgehead atoms. The van der Waals surface area contributed by atoms with Gasteiger partial charge in [-0.3, -0.25) is 4.79 Å². The van der Waals surface area contributed by atoms with Crippen LogP contribution in [0.4, 0.5) is 5.69 Å². The summed E-state index contributed by atoms with van der Waals surface area (Å²) in [6, 6.07) is 7.39. The quantitative estimate of drug-likeness (QED) is 0.759. The molecule has 0 fully saturated rings. The first kappa shape index (κ1) is 15.2. The van der Waals surface area contributed by atoms with Crippen LogP contribution in [0.1, 0.15) is 16.9 Å². The fourth-order valence-corrected chi connectivity index (χ4v) is 3.85. The average Bonchev–Trinajstić information content (AvgIpc) is 3.22.